The molecule has 2 atom stereocenters. The number of alkyl halides is 2. The highest BCUT2D eigenvalue weighted by molar-refractivity contribution is 7.89. The minimum atomic E-state index is -3.92. The highest BCUT2D eigenvalue weighted by Gasteiger charge is 2.38. The van der Waals surface area contributed by atoms with Crippen LogP contribution in [0.1, 0.15) is 32.2 Å². The Morgan fingerprint density at radius 1 is 1.26 bits per heavy atom. The van der Waals surface area contributed by atoms with E-state index in [0.29, 0.717) is 24.3 Å². The van der Waals surface area contributed by atoms with Crippen LogP contribution in [-0.4, -0.2) is 71.9 Å². The van der Waals surface area contributed by atoms with Crippen LogP contribution in [0.2, 0.25) is 0 Å². The van der Waals surface area contributed by atoms with Crippen LogP contribution in [0.4, 0.5) is 14.5 Å². The number of imidazole rings is 1. The predicted molar refractivity (Wildman–Crippen MR) is 123 cm³/mol. The lowest BCUT2D eigenvalue weighted by Gasteiger charge is -2.39. The molecular weight excluding hydrogens is 488 g/mol. The Morgan fingerprint density at radius 2 is 1.97 bits per heavy atom. The molecule has 0 amide bonds. The number of fused-ring (bicyclic) bond motifs is 1. The van der Waals surface area contributed by atoms with Gasteiger partial charge in [-0.2, -0.15) is 0 Å². The van der Waals surface area contributed by atoms with Crippen molar-refractivity contribution in [3.63, 3.8) is 0 Å². The third-order valence-electron chi connectivity index (χ3n) is 5.84. The lowest BCUT2D eigenvalue weighted by Crippen LogP contribution is -2.59. The first kappa shape index (κ1) is 23.5. The number of nitrogens with zero attached hydrogens (tertiary/aromatic N) is 5. The van der Waals surface area contributed by atoms with Crippen molar-refractivity contribution in [3.05, 3.63) is 23.5 Å². The maximum absolute atomic E-state index is 13.4. The minimum absolute atomic E-state index is 0.0415. The summed E-state index contributed by atoms with van der Waals surface area (Å²) in [6.45, 7) is 7.80. The first-order valence-corrected chi connectivity index (χ1v) is 13.1. The molecule has 5 heterocycles. The molecule has 2 N–H and O–H groups in total. The number of ether oxygens (including phenoxy) is 1. The maximum Gasteiger partial charge on any atom is 0.291 e. The number of hydrogen-bond acceptors (Lipinski definition) is 9. The number of anilines is 1. The van der Waals surface area contributed by atoms with Crippen molar-refractivity contribution in [3.8, 4) is 10.8 Å². The van der Waals surface area contributed by atoms with E-state index in [2.05, 4.69) is 44.0 Å². The molecule has 0 aliphatic carbocycles. The van der Waals surface area contributed by atoms with Gasteiger partial charge in [0.05, 0.1) is 36.2 Å². The normalized spacial score (nSPS) is 22.9. The van der Waals surface area contributed by atoms with Crippen LogP contribution >= 0.6 is 11.3 Å². The standard InChI is InChI=1S/C20H25F2N7O3S2/c1-11-6-28(7-12(2)24-11)14-4-13(34(30,31)27-20(3)9-32-10-20)8-29-15(14)5-23-17(29)19-26-25-18(33-19)16(21)22/h4-5,8,11-12,16,24,27H,6-7,9-10H2,1-3H3/t11-,12-/m1/s1. The SMILES string of the molecule is C[C@@H]1CN(c2cc(S(=O)(=O)NC3(C)COC3)cn3c(-c4nnc(C(F)F)s4)ncc23)C[C@@H](C)N1. The number of nitrogens with one attached hydrogen (secondary N) is 2. The third kappa shape index (κ3) is 4.28. The molecule has 0 aromatic carbocycles. The third-order valence-corrected chi connectivity index (χ3v) is 8.38. The zero-order chi connectivity index (χ0) is 24.3. The van der Waals surface area contributed by atoms with Gasteiger partial charge in [0.2, 0.25) is 10.0 Å². The molecule has 5 rings (SSSR count). The molecule has 34 heavy (non-hydrogen) atoms. The lowest BCUT2D eigenvalue weighted by molar-refractivity contribution is -0.0523. The monoisotopic (exact) mass is 513 g/mol. The molecule has 2 fully saturated rings. The second-order valence-electron chi connectivity index (χ2n) is 9.18. The number of halogens is 2. The molecule has 0 radical (unpaired) electrons. The number of rotatable bonds is 6. The Kier molecular flexibility index (Phi) is 5.83. The summed E-state index contributed by atoms with van der Waals surface area (Å²) in [5.74, 6) is 0.257. The average molecular weight is 514 g/mol. The molecule has 14 heteroatoms. The van der Waals surface area contributed by atoms with E-state index in [9.17, 15) is 17.2 Å². The molecule has 184 valence electrons. The van der Waals surface area contributed by atoms with Crippen LogP contribution in [0.25, 0.3) is 16.3 Å². The average Bonchev–Trinajstić information content (AvgIpc) is 3.38. The van der Waals surface area contributed by atoms with Crippen molar-refractivity contribution in [2.24, 2.45) is 0 Å². The van der Waals surface area contributed by atoms with Gasteiger partial charge in [-0.1, -0.05) is 11.3 Å². The Labute approximate surface area is 199 Å². The fourth-order valence-electron chi connectivity index (χ4n) is 4.40. The lowest BCUT2D eigenvalue weighted by atomic mass is 10.0. The van der Waals surface area contributed by atoms with E-state index in [1.165, 1.54) is 6.20 Å². The van der Waals surface area contributed by atoms with E-state index < -0.39 is 27.0 Å². The van der Waals surface area contributed by atoms with Gasteiger partial charge in [-0.15, -0.1) is 10.2 Å². The molecule has 0 spiro atoms. The van der Waals surface area contributed by atoms with Gasteiger partial charge < -0.3 is 15.0 Å². The van der Waals surface area contributed by atoms with Crippen LogP contribution in [0.15, 0.2) is 23.4 Å². The summed E-state index contributed by atoms with van der Waals surface area (Å²) in [5, 5.41) is 10.7. The van der Waals surface area contributed by atoms with Crippen LogP contribution in [0.3, 0.4) is 0 Å². The first-order chi connectivity index (χ1) is 16.0. The van der Waals surface area contributed by atoms with Crippen LogP contribution in [0.5, 0.6) is 0 Å². The van der Waals surface area contributed by atoms with Gasteiger partial charge in [0, 0.05) is 31.4 Å². The van der Waals surface area contributed by atoms with Crippen LogP contribution in [0, 0.1) is 0 Å². The van der Waals surface area contributed by atoms with Gasteiger partial charge in [-0.3, -0.25) is 4.40 Å². The Bertz CT molecular complexity index is 1310. The Morgan fingerprint density at radius 3 is 2.56 bits per heavy atom. The molecular formula is C20H25F2N7O3S2. The summed E-state index contributed by atoms with van der Waals surface area (Å²) in [7, 11) is -3.92. The van der Waals surface area contributed by atoms with E-state index in [4.69, 9.17) is 4.74 Å². The van der Waals surface area contributed by atoms with Crippen molar-refractivity contribution in [1.82, 2.24) is 29.6 Å². The summed E-state index contributed by atoms with van der Waals surface area (Å²) in [6, 6.07) is 2.02. The highest BCUT2D eigenvalue weighted by atomic mass is 32.2. The summed E-state index contributed by atoms with van der Waals surface area (Å²) in [6.07, 6.45) is 0.309. The van der Waals surface area contributed by atoms with E-state index in [1.807, 2.05) is 0 Å². The highest BCUT2D eigenvalue weighted by Crippen LogP contribution is 2.34. The Balaban J connectivity index is 1.65. The Hall–Kier alpha value is -2.26. The van der Waals surface area contributed by atoms with Crippen LogP contribution in [-0.2, 0) is 14.8 Å². The largest absolute Gasteiger partial charge is 0.377 e. The van der Waals surface area contributed by atoms with Crippen molar-refractivity contribution >= 4 is 32.6 Å². The van der Waals surface area contributed by atoms with Gasteiger partial charge in [-0.25, -0.2) is 26.9 Å². The predicted octanol–water partition coefficient (Wildman–Crippen LogP) is 2.04. The molecule has 2 saturated heterocycles. The van der Waals surface area contributed by atoms with E-state index >= 15 is 0 Å². The maximum atomic E-state index is 13.4. The molecule has 3 aromatic rings. The summed E-state index contributed by atoms with van der Waals surface area (Å²) in [4.78, 5) is 6.56. The number of sulfonamides is 1. The molecule has 0 bridgehead atoms. The topological polar surface area (TPSA) is 114 Å². The number of pyridine rings is 1. The number of aromatic nitrogens is 4. The smallest absolute Gasteiger partial charge is 0.291 e. The minimum Gasteiger partial charge on any atom is -0.377 e. The molecule has 2 aliphatic rings. The quantitative estimate of drug-likeness (QED) is 0.515. The fraction of sp³-hybridized carbons (Fsp3) is 0.550. The molecule has 10 nitrogen and oxygen atoms in total. The number of hydrogen-bond donors (Lipinski definition) is 2. The van der Waals surface area contributed by atoms with Gasteiger partial charge in [0.1, 0.15) is 4.90 Å². The van der Waals surface area contributed by atoms with E-state index in [1.54, 1.807) is 23.6 Å². The van der Waals surface area contributed by atoms with Gasteiger partial charge in [0.25, 0.3) is 6.43 Å². The molecule has 3 aromatic heterocycles. The zero-order valence-electron chi connectivity index (χ0n) is 18.8. The summed E-state index contributed by atoms with van der Waals surface area (Å²) < 4.78 is 62.4. The van der Waals surface area contributed by atoms with Crippen molar-refractivity contribution < 1.29 is 21.9 Å². The van der Waals surface area contributed by atoms with Gasteiger partial charge in [-0.05, 0) is 26.8 Å². The fourth-order valence-corrected chi connectivity index (χ4v) is 6.49. The molecule has 0 saturated carbocycles. The van der Waals surface area contributed by atoms with E-state index in [0.717, 1.165) is 11.3 Å². The first-order valence-electron chi connectivity index (χ1n) is 10.8. The van der Waals surface area contributed by atoms with Gasteiger partial charge >= 0.3 is 0 Å². The summed E-state index contributed by atoms with van der Waals surface area (Å²) in [5.41, 5.74) is 0.660. The zero-order valence-corrected chi connectivity index (χ0v) is 20.5. The molecule has 0 unspecified atom stereocenters. The number of piperazine rings is 1. The van der Waals surface area contributed by atoms with E-state index in [-0.39, 0.29) is 41.0 Å². The van der Waals surface area contributed by atoms with Crippen molar-refractivity contribution in [2.45, 2.75) is 49.7 Å². The molecule has 2 aliphatic heterocycles. The second-order valence-corrected chi connectivity index (χ2v) is 11.9. The van der Waals surface area contributed by atoms with Crippen LogP contribution < -0.4 is 14.9 Å². The summed E-state index contributed by atoms with van der Waals surface area (Å²) >= 11 is 0.731. The second kappa shape index (κ2) is 8.45. The van der Waals surface area contributed by atoms with Crippen molar-refractivity contribution in [1.29, 1.82) is 0 Å². The van der Waals surface area contributed by atoms with Gasteiger partial charge in [0.15, 0.2) is 15.8 Å². The van der Waals surface area contributed by atoms with Crippen molar-refractivity contribution in [2.75, 3.05) is 31.2 Å².